The summed E-state index contributed by atoms with van der Waals surface area (Å²) in [5, 5.41) is 0. The van der Waals surface area contributed by atoms with Gasteiger partial charge >= 0.3 is 0 Å². The van der Waals surface area contributed by atoms with Gasteiger partial charge in [-0.2, -0.15) is 0 Å². The van der Waals surface area contributed by atoms with E-state index in [4.69, 9.17) is 23.7 Å². The second-order valence-electron chi connectivity index (χ2n) is 6.96. The van der Waals surface area contributed by atoms with Crippen LogP contribution in [0.15, 0.2) is 12.3 Å². The van der Waals surface area contributed by atoms with Crippen molar-refractivity contribution in [2.45, 2.75) is 25.9 Å². The Labute approximate surface area is 164 Å². The monoisotopic (exact) mass is 386 g/mol. The van der Waals surface area contributed by atoms with Gasteiger partial charge in [-0.05, 0) is 19.0 Å². The maximum atomic E-state index is 5.75. The quantitative estimate of drug-likeness (QED) is 0.724. The molecular weight excluding hydrogens is 348 g/mol. The van der Waals surface area contributed by atoms with E-state index in [1.54, 1.807) is 6.26 Å². The maximum absolute atomic E-state index is 5.75. The molecule has 0 aromatic heterocycles. The molecular formula is C20H38N2O5. The summed E-state index contributed by atoms with van der Waals surface area (Å²) >= 11 is 0. The summed E-state index contributed by atoms with van der Waals surface area (Å²) in [5.41, 5.74) is 0. The van der Waals surface area contributed by atoms with E-state index in [1.807, 2.05) is 0 Å². The van der Waals surface area contributed by atoms with Gasteiger partial charge in [0.05, 0.1) is 59.1 Å². The average Bonchev–Trinajstić information content (AvgIpc) is 3.17. The third-order valence-electron chi connectivity index (χ3n) is 4.72. The highest BCUT2D eigenvalue weighted by Gasteiger charge is 2.16. The van der Waals surface area contributed by atoms with Crippen LogP contribution in [0.25, 0.3) is 0 Å². The van der Waals surface area contributed by atoms with Gasteiger partial charge in [0, 0.05) is 39.1 Å². The van der Waals surface area contributed by atoms with E-state index in [0.717, 1.165) is 65.3 Å². The molecule has 0 bridgehead atoms. The fourth-order valence-electron chi connectivity index (χ4n) is 3.20. The Balaban J connectivity index is 1.69. The molecule has 1 saturated heterocycles. The Morgan fingerprint density at radius 3 is 1.70 bits per heavy atom. The lowest BCUT2D eigenvalue weighted by Crippen LogP contribution is -2.37. The molecule has 2 aliphatic rings. The second-order valence-corrected chi connectivity index (χ2v) is 6.96. The van der Waals surface area contributed by atoms with Gasteiger partial charge in [0.15, 0.2) is 0 Å². The summed E-state index contributed by atoms with van der Waals surface area (Å²) in [6, 6.07) is 0. The van der Waals surface area contributed by atoms with Crippen molar-refractivity contribution >= 4 is 0 Å². The molecule has 0 aromatic carbocycles. The standard InChI is InChI=1S/C20H38N2O5/c1-2-5-21-6-11-23-15-17-25-13-8-22(19-20-4-3-10-27-20)9-14-26-18-16-24-12-7-21/h3,10,20H,2,4-9,11-19H2,1H3. The van der Waals surface area contributed by atoms with Crippen molar-refractivity contribution in [1.82, 2.24) is 9.80 Å². The average molecular weight is 387 g/mol. The highest BCUT2D eigenvalue weighted by Crippen LogP contribution is 2.10. The summed E-state index contributed by atoms with van der Waals surface area (Å²) in [6.07, 6.45) is 6.26. The van der Waals surface area contributed by atoms with E-state index in [9.17, 15) is 0 Å². The SMILES string of the molecule is CCCN1CCOCCOCCN(CC2CC=CO2)CCOCCOCC1. The molecule has 2 aliphatic heterocycles. The van der Waals surface area contributed by atoms with E-state index >= 15 is 0 Å². The number of rotatable bonds is 4. The van der Waals surface area contributed by atoms with Crippen molar-refractivity contribution in [2.24, 2.45) is 0 Å². The molecule has 0 amide bonds. The Kier molecular flexibility index (Phi) is 12.8. The minimum Gasteiger partial charge on any atom is -0.497 e. The van der Waals surface area contributed by atoms with Gasteiger partial charge in [0.25, 0.3) is 0 Å². The van der Waals surface area contributed by atoms with Gasteiger partial charge in [-0.25, -0.2) is 0 Å². The molecule has 1 unspecified atom stereocenters. The number of hydrogen-bond acceptors (Lipinski definition) is 7. The van der Waals surface area contributed by atoms with Crippen LogP contribution in [-0.4, -0.2) is 108 Å². The highest BCUT2D eigenvalue weighted by molar-refractivity contribution is 4.87. The fourth-order valence-corrected chi connectivity index (χ4v) is 3.20. The lowest BCUT2D eigenvalue weighted by Gasteiger charge is -2.25. The molecule has 158 valence electrons. The molecule has 0 N–H and O–H groups in total. The topological polar surface area (TPSA) is 52.6 Å². The van der Waals surface area contributed by atoms with Gasteiger partial charge in [-0.3, -0.25) is 9.80 Å². The maximum Gasteiger partial charge on any atom is 0.114 e. The van der Waals surface area contributed by atoms with Gasteiger partial charge in [0.2, 0.25) is 0 Å². The molecule has 0 radical (unpaired) electrons. The normalized spacial score (nSPS) is 26.3. The summed E-state index contributed by atoms with van der Waals surface area (Å²) in [6.45, 7) is 13.3. The van der Waals surface area contributed by atoms with Crippen molar-refractivity contribution in [3.8, 4) is 0 Å². The smallest absolute Gasteiger partial charge is 0.114 e. The molecule has 1 fully saturated rings. The van der Waals surface area contributed by atoms with Crippen LogP contribution < -0.4 is 0 Å². The van der Waals surface area contributed by atoms with E-state index < -0.39 is 0 Å². The third kappa shape index (κ3) is 11.0. The van der Waals surface area contributed by atoms with Crippen molar-refractivity contribution < 1.29 is 23.7 Å². The van der Waals surface area contributed by atoms with E-state index in [-0.39, 0.29) is 6.10 Å². The van der Waals surface area contributed by atoms with Crippen LogP contribution in [0.1, 0.15) is 19.8 Å². The van der Waals surface area contributed by atoms with Crippen molar-refractivity contribution in [3.63, 3.8) is 0 Å². The van der Waals surface area contributed by atoms with Gasteiger partial charge in [-0.15, -0.1) is 0 Å². The fraction of sp³-hybridized carbons (Fsp3) is 0.900. The van der Waals surface area contributed by atoms with Crippen LogP contribution in [0.2, 0.25) is 0 Å². The molecule has 0 saturated carbocycles. The van der Waals surface area contributed by atoms with Crippen LogP contribution >= 0.6 is 0 Å². The molecule has 2 heterocycles. The molecule has 0 spiro atoms. The Morgan fingerprint density at radius 1 is 0.741 bits per heavy atom. The largest absolute Gasteiger partial charge is 0.497 e. The van der Waals surface area contributed by atoms with Gasteiger partial charge < -0.3 is 23.7 Å². The summed E-state index contributed by atoms with van der Waals surface area (Å²) in [4.78, 5) is 4.74. The summed E-state index contributed by atoms with van der Waals surface area (Å²) in [7, 11) is 0. The van der Waals surface area contributed by atoms with Gasteiger partial charge in [0.1, 0.15) is 6.10 Å². The lowest BCUT2D eigenvalue weighted by molar-refractivity contribution is 0.00265. The number of ether oxygens (including phenoxy) is 5. The Hall–Kier alpha value is -0.700. The predicted octanol–water partition coefficient (Wildman–Crippen LogP) is 1.38. The van der Waals surface area contributed by atoms with Gasteiger partial charge in [-0.1, -0.05) is 6.92 Å². The first-order chi connectivity index (χ1) is 13.4. The molecule has 0 aliphatic carbocycles. The molecule has 0 aromatic rings. The van der Waals surface area contributed by atoms with Crippen LogP contribution in [0.3, 0.4) is 0 Å². The number of hydrogen-bond donors (Lipinski definition) is 0. The molecule has 1 atom stereocenters. The zero-order valence-electron chi connectivity index (χ0n) is 17.0. The van der Waals surface area contributed by atoms with Crippen LogP contribution in [0.5, 0.6) is 0 Å². The van der Waals surface area contributed by atoms with Crippen LogP contribution in [0.4, 0.5) is 0 Å². The second kappa shape index (κ2) is 15.2. The minimum absolute atomic E-state index is 0.251. The van der Waals surface area contributed by atoms with Crippen LogP contribution in [-0.2, 0) is 23.7 Å². The lowest BCUT2D eigenvalue weighted by atomic mass is 10.2. The highest BCUT2D eigenvalue weighted by atomic mass is 16.5. The first-order valence-electron chi connectivity index (χ1n) is 10.4. The van der Waals surface area contributed by atoms with Crippen LogP contribution in [0, 0.1) is 0 Å². The summed E-state index contributed by atoms with van der Waals surface area (Å²) < 4.78 is 28.5. The predicted molar refractivity (Wildman–Crippen MR) is 105 cm³/mol. The van der Waals surface area contributed by atoms with E-state index in [0.29, 0.717) is 39.6 Å². The minimum atomic E-state index is 0.251. The molecule has 7 nitrogen and oxygen atoms in total. The molecule has 7 heteroatoms. The Bertz CT molecular complexity index is 355. The number of nitrogens with zero attached hydrogens (tertiary/aromatic N) is 2. The third-order valence-corrected chi connectivity index (χ3v) is 4.72. The first kappa shape index (κ1) is 22.6. The summed E-state index contributed by atoms with van der Waals surface area (Å²) in [5.74, 6) is 0. The van der Waals surface area contributed by atoms with E-state index in [2.05, 4.69) is 22.8 Å². The van der Waals surface area contributed by atoms with Crippen molar-refractivity contribution in [2.75, 3.05) is 92.1 Å². The van der Waals surface area contributed by atoms with Crippen molar-refractivity contribution in [3.05, 3.63) is 12.3 Å². The molecule has 2 rings (SSSR count). The van der Waals surface area contributed by atoms with Crippen molar-refractivity contribution in [1.29, 1.82) is 0 Å². The van der Waals surface area contributed by atoms with E-state index in [1.165, 1.54) is 0 Å². The first-order valence-corrected chi connectivity index (χ1v) is 10.4. The Morgan fingerprint density at radius 2 is 1.26 bits per heavy atom. The zero-order valence-corrected chi connectivity index (χ0v) is 17.0. The zero-order chi connectivity index (χ0) is 19.0. The molecule has 27 heavy (non-hydrogen) atoms.